The molecule has 8 nitrogen and oxygen atoms in total. The van der Waals surface area contributed by atoms with Crippen LogP contribution in [-0.4, -0.2) is 42.3 Å². The monoisotopic (exact) mass is 472 g/mol. The smallest absolute Gasteiger partial charge is 0.407 e. The Balaban J connectivity index is 1.24. The third kappa shape index (κ3) is 4.55. The third-order valence-corrected chi connectivity index (χ3v) is 6.35. The summed E-state index contributed by atoms with van der Waals surface area (Å²) in [7, 11) is 0. The molecule has 1 heterocycles. The summed E-state index contributed by atoms with van der Waals surface area (Å²) < 4.78 is 11.0. The second kappa shape index (κ2) is 9.50. The number of amides is 2. The van der Waals surface area contributed by atoms with E-state index in [4.69, 9.17) is 9.47 Å². The summed E-state index contributed by atoms with van der Waals surface area (Å²) in [5.41, 5.74) is 5.11. The van der Waals surface area contributed by atoms with Gasteiger partial charge in [-0.25, -0.2) is 4.79 Å². The fourth-order valence-electron chi connectivity index (χ4n) is 4.72. The molecule has 0 radical (unpaired) electrons. The molecule has 1 aliphatic carbocycles. The molecule has 2 aliphatic rings. The Bertz CT molecular complexity index is 1240. The van der Waals surface area contributed by atoms with Crippen molar-refractivity contribution in [1.29, 1.82) is 0 Å². The number of aliphatic carboxylic acids is 1. The van der Waals surface area contributed by atoms with E-state index in [1.807, 2.05) is 66.7 Å². The standard InChI is InChI=1S/C27H24N2O6/c30-25(31)13-22(26(32)28-23-15-34-24-12-6-5-11-20(23)24)29-27(33)35-14-21-18-9-3-1-7-16(18)17-8-2-4-10-19(17)21/h1-12,21-23H,13-15H2,(H,28,32)(H,29,33)(H,30,31). The predicted octanol–water partition coefficient (Wildman–Crippen LogP) is 3.62. The van der Waals surface area contributed by atoms with Crippen LogP contribution in [-0.2, 0) is 14.3 Å². The molecule has 0 bridgehead atoms. The van der Waals surface area contributed by atoms with E-state index in [0.29, 0.717) is 5.75 Å². The van der Waals surface area contributed by atoms with Crippen LogP contribution in [0.4, 0.5) is 4.79 Å². The summed E-state index contributed by atoms with van der Waals surface area (Å²) in [4.78, 5) is 36.9. The number of nitrogens with one attached hydrogen (secondary N) is 2. The molecule has 0 fully saturated rings. The Morgan fingerprint density at radius 3 is 2.17 bits per heavy atom. The first-order valence-corrected chi connectivity index (χ1v) is 11.4. The first-order chi connectivity index (χ1) is 17.0. The first-order valence-electron chi connectivity index (χ1n) is 11.4. The zero-order valence-corrected chi connectivity index (χ0v) is 18.8. The van der Waals surface area contributed by atoms with Gasteiger partial charge in [0.1, 0.15) is 25.0 Å². The molecule has 178 valence electrons. The molecule has 5 rings (SSSR count). The molecular formula is C27H24N2O6. The molecule has 2 amide bonds. The van der Waals surface area contributed by atoms with Crippen molar-refractivity contribution in [2.24, 2.45) is 0 Å². The SMILES string of the molecule is O=C(O)CC(NC(=O)OCC1c2ccccc2-c2ccccc21)C(=O)NC1COc2ccccc21. The maximum absolute atomic E-state index is 12.9. The van der Waals surface area contributed by atoms with Gasteiger partial charge in [-0.15, -0.1) is 0 Å². The number of alkyl carbamates (subject to hydrolysis) is 1. The van der Waals surface area contributed by atoms with E-state index < -0.39 is 36.5 Å². The number of benzene rings is 3. The average molecular weight is 472 g/mol. The quantitative estimate of drug-likeness (QED) is 0.484. The number of carbonyl (C=O) groups excluding carboxylic acids is 2. The van der Waals surface area contributed by atoms with Gasteiger partial charge in [-0.3, -0.25) is 9.59 Å². The molecule has 0 saturated carbocycles. The van der Waals surface area contributed by atoms with E-state index in [2.05, 4.69) is 10.6 Å². The number of hydrogen-bond acceptors (Lipinski definition) is 5. The Morgan fingerprint density at radius 1 is 0.914 bits per heavy atom. The summed E-state index contributed by atoms with van der Waals surface area (Å²) in [5.74, 6) is -1.32. The van der Waals surface area contributed by atoms with Crippen LogP contribution >= 0.6 is 0 Å². The molecule has 3 N–H and O–H groups in total. The lowest BCUT2D eigenvalue weighted by atomic mass is 9.98. The van der Waals surface area contributed by atoms with Crippen LogP contribution < -0.4 is 15.4 Å². The minimum atomic E-state index is -1.30. The highest BCUT2D eigenvalue weighted by molar-refractivity contribution is 5.89. The second-order valence-electron chi connectivity index (χ2n) is 8.53. The summed E-state index contributed by atoms with van der Waals surface area (Å²) >= 11 is 0. The van der Waals surface area contributed by atoms with E-state index in [1.54, 1.807) is 6.07 Å². The van der Waals surface area contributed by atoms with Gasteiger partial charge in [0.25, 0.3) is 0 Å². The second-order valence-corrected chi connectivity index (χ2v) is 8.53. The minimum Gasteiger partial charge on any atom is -0.491 e. The van der Waals surface area contributed by atoms with Gasteiger partial charge < -0.3 is 25.2 Å². The van der Waals surface area contributed by atoms with Crippen LogP contribution in [0.25, 0.3) is 11.1 Å². The van der Waals surface area contributed by atoms with Gasteiger partial charge in [-0.05, 0) is 28.3 Å². The number of fused-ring (bicyclic) bond motifs is 4. The number of carboxylic acid groups (broad SMARTS) is 1. The Hall–Kier alpha value is -4.33. The van der Waals surface area contributed by atoms with Crippen molar-refractivity contribution in [2.45, 2.75) is 24.4 Å². The Labute approximate surface area is 201 Å². The number of para-hydroxylation sites is 1. The molecule has 35 heavy (non-hydrogen) atoms. The van der Waals surface area contributed by atoms with Gasteiger partial charge in [0.15, 0.2) is 0 Å². The molecule has 3 aromatic carbocycles. The van der Waals surface area contributed by atoms with Crippen LogP contribution in [0.2, 0.25) is 0 Å². The molecule has 0 saturated heterocycles. The minimum absolute atomic E-state index is 0.0606. The number of carboxylic acids is 1. The van der Waals surface area contributed by atoms with Crippen LogP contribution in [0.3, 0.4) is 0 Å². The highest BCUT2D eigenvalue weighted by Gasteiger charge is 2.32. The molecule has 1 aliphatic heterocycles. The fraction of sp³-hybridized carbons (Fsp3) is 0.222. The molecule has 3 aromatic rings. The number of hydrogen-bond donors (Lipinski definition) is 3. The van der Waals surface area contributed by atoms with Crippen molar-refractivity contribution in [2.75, 3.05) is 13.2 Å². The highest BCUT2D eigenvalue weighted by Crippen LogP contribution is 2.44. The van der Waals surface area contributed by atoms with Crippen molar-refractivity contribution >= 4 is 18.0 Å². The lowest BCUT2D eigenvalue weighted by Crippen LogP contribution is -2.49. The topological polar surface area (TPSA) is 114 Å². The van der Waals surface area contributed by atoms with E-state index in [0.717, 1.165) is 27.8 Å². The Kier molecular flexibility index (Phi) is 6.10. The van der Waals surface area contributed by atoms with Crippen molar-refractivity contribution in [1.82, 2.24) is 10.6 Å². The zero-order chi connectivity index (χ0) is 24.4. The summed E-state index contributed by atoms with van der Waals surface area (Å²) in [5, 5.41) is 14.5. The largest absolute Gasteiger partial charge is 0.491 e. The molecule has 2 unspecified atom stereocenters. The fourth-order valence-corrected chi connectivity index (χ4v) is 4.72. The van der Waals surface area contributed by atoms with E-state index in [1.165, 1.54) is 0 Å². The lowest BCUT2D eigenvalue weighted by Gasteiger charge is -2.20. The molecule has 0 aromatic heterocycles. The highest BCUT2D eigenvalue weighted by atomic mass is 16.5. The summed E-state index contributed by atoms with van der Waals surface area (Å²) in [6, 6.07) is 21.4. The van der Waals surface area contributed by atoms with E-state index >= 15 is 0 Å². The van der Waals surface area contributed by atoms with Gasteiger partial charge in [0, 0.05) is 11.5 Å². The molecule has 0 spiro atoms. The van der Waals surface area contributed by atoms with Gasteiger partial charge in [0.05, 0.1) is 12.5 Å². The summed E-state index contributed by atoms with van der Waals surface area (Å²) in [6.07, 6.45) is -1.43. The number of ether oxygens (including phenoxy) is 2. The maximum atomic E-state index is 12.9. The lowest BCUT2D eigenvalue weighted by molar-refractivity contribution is -0.140. The molecule has 8 heteroatoms. The number of rotatable bonds is 7. The van der Waals surface area contributed by atoms with Crippen molar-refractivity contribution < 1.29 is 29.0 Å². The van der Waals surface area contributed by atoms with Gasteiger partial charge >= 0.3 is 12.1 Å². The van der Waals surface area contributed by atoms with Crippen LogP contribution in [0.5, 0.6) is 5.75 Å². The third-order valence-electron chi connectivity index (χ3n) is 6.35. The maximum Gasteiger partial charge on any atom is 0.407 e. The van der Waals surface area contributed by atoms with Crippen LogP contribution in [0.15, 0.2) is 72.8 Å². The van der Waals surface area contributed by atoms with Crippen LogP contribution in [0, 0.1) is 0 Å². The first kappa shape index (κ1) is 22.5. The van der Waals surface area contributed by atoms with Crippen molar-refractivity contribution in [3.63, 3.8) is 0 Å². The average Bonchev–Trinajstić information content (AvgIpc) is 3.41. The van der Waals surface area contributed by atoms with Crippen LogP contribution in [0.1, 0.15) is 35.1 Å². The van der Waals surface area contributed by atoms with Crippen molar-refractivity contribution in [3.8, 4) is 16.9 Å². The van der Waals surface area contributed by atoms with Gasteiger partial charge in [-0.2, -0.15) is 0 Å². The Morgan fingerprint density at radius 2 is 1.51 bits per heavy atom. The predicted molar refractivity (Wildman–Crippen MR) is 127 cm³/mol. The van der Waals surface area contributed by atoms with Gasteiger partial charge in [0.2, 0.25) is 5.91 Å². The van der Waals surface area contributed by atoms with Crippen molar-refractivity contribution in [3.05, 3.63) is 89.5 Å². The zero-order valence-electron chi connectivity index (χ0n) is 18.8. The normalized spacial score (nSPS) is 16.3. The molecular weight excluding hydrogens is 448 g/mol. The van der Waals surface area contributed by atoms with Gasteiger partial charge in [-0.1, -0.05) is 66.7 Å². The molecule has 2 atom stereocenters. The summed E-state index contributed by atoms with van der Waals surface area (Å²) in [6.45, 7) is 0.293. The van der Waals surface area contributed by atoms with E-state index in [9.17, 15) is 19.5 Å². The number of carbonyl (C=O) groups is 3. The van der Waals surface area contributed by atoms with E-state index in [-0.39, 0.29) is 19.1 Å².